The van der Waals surface area contributed by atoms with Gasteiger partial charge >= 0.3 is 0 Å². The Balaban J connectivity index is 1.52. The molecule has 0 spiro atoms. The van der Waals surface area contributed by atoms with Gasteiger partial charge in [0.25, 0.3) is 0 Å². The second-order valence-corrected chi connectivity index (χ2v) is 9.79. The van der Waals surface area contributed by atoms with E-state index in [4.69, 9.17) is 0 Å². The average Bonchev–Trinajstić information content (AvgIpc) is 3.57. The summed E-state index contributed by atoms with van der Waals surface area (Å²) in [4.78, 5) is 22.8. The predicted octanol–water partition coefficient (Wildman–Crippen LogP) is 4.58. The molecule has 5 rings (SSSR count). The third-order valence-corrected chi connectivity index (χ3v) is 6.68. The van der Waals surface area contributed by atoms with Crippen molar-refractivity contribution in [3.8, 4) is 11.3 Å². The largest absolute Gasteiger partial charge is 0.364 e. The molecule has 1 aromatic carbocycles. The van der Waals surface area contributed by atoms with Crippen LogP contribution in [-0.4, -0.2) is 55.1 Å². The number of nitrogens with one attached hydrogen (secondary N) is 2. The lowest BCUT2D eigenvalue weighted by Gasteiger charge is -2.24. The lowest BCUT2D eigenvalue weighted by atomic mass is 9.85. The Labute approximate surface area is 221 Å². The second-order valence-electron chi connectivity index (χ2n) is 9.79. The first kappa shape index (κ1) is 25.1. The van der Waals surface area contributed by atoms with Crippen molar-refractivity contribution in [2.75, 3.05) is 24.3 Å². The highest BCUT2D eigenvalue weighted by Crippen LogP contribution is 2.33. The van der Waals surface area contributed by atoms with Crippen molar-refractivity contribution in [2.24, 2.45) is 5.92 Å². The first-order chi connectivity index (χ1) is 18.4. The molecule has 0 aliphatic carbocycles. The number of fused-ring (bicyclic) bond motifs is 1. The zero-order valence-electron chi connectivity index (χ0n) is 22.0. The number of aldehydes is 1. The lowest BCUT2D eigenvalue weighted by Crippen LogP contribution is -2.20. The Morgan fingerprint density at radius 3 is 2.71 bits per heavy atom. The van der Waals surface area contributed by atoms with Gasteiger partial charge in [-0.25, -0.2) is 9.97 Å². The van der Waals surface area contributed by atoms with Crippen molar-refractivity contribution in [2.45, 2.75) is 32.6 Å². The van der Waals surface area contributed by atoms with E-state index in [1.807, 2.05) is 31.1 Å². The van der Waals surface area contributed by atoms with E-state index >= 15 is 0 Å². The third-order valence-electron chi connectivity index (χ3n) is 6.68. The number of aryl methyl sites for hydroxylation is 1. The Morgan fingerprint density at radius 2 is 1.97 bits per heavy atom. The first-order valence-corrected chi connectivity index (χ1v) is 12.6. The zero-order chi connectivity index (χ0) is 26.6. The smallest absolute Gasteiger partial charge is 0.228 e. The zero-order valence-corrected chi connectivity index (χ0v) is 22.0. The summed E-state index contributed by atoms with van der Waals surface area (Å²) in [5.74, 6) is 2.94. The van der Waals surface area contributed by atoms with E-state index in [0.717, 1.165) is 35.6 Å². The van der Waals surface area contributed by atoms with Crippen LogP contribution >= 0.6 is 0 Å². The molecule has 38 heavy (non-hydrogen) atoms. The van der Waals surface area contributed by atoms with Crippen LogP contribution < -0.4 is 10.2 Å². The number of aromatic nitrogens is 7. The molecule has 10 heteroatoms. The second kappa shape index (κ2) is 10.8. The topological polar surface area (TPSA) is 117 Å². The van der Waals surface area contributed by atoms with Crippen molar-refractivity contribution in [1.82, 2.24) is 34.8 Å². The van der Waals surface area contributed by atoms with Gasteiger partial charge in [0.15, 0.2) is 5.65 Å². The summed E-state index contributed by atoms with van der Waals surface area (Å²) in [5, 5.41) is 19.1. The van der Waals surface area contributed by atoms with Gasteiger partial charge in [-0.2, -0.15) is 5.10 Å². The van der Waals surface area contributed by atoms with Gasteiger partial charge in [-0.15, -0.1) is 10.2 Å². The molecule has 0 aliphatic heterocycles. The highest BCUT2D eigenvalue weighted by molar-refractivity contribution is 5.71. The summed E-state index contributed by atoms with van der Waals surface area (Å²) >= 11 is 0. The molecule has 194 valence electrons. The van der Waals surface area contributed by atoms with Crippen LogP contribution in [0, 0.1) is 12.8 Å². The molecule has 4 aromatic heterocycles. The molecule has 0 amide bonds. The fraction of sp³-hybridized carbons (Fsp3) is 0.286. The number of aromatic amines is 1. The van der Waals surface area contributed by atoms with Gasteiger partial charge in [0.2, 0.25) is 5.95 Å². The quantitative estimate of drug-likeness (QED) is 0.263. The summed E-state index contributed by atoms with van der Waals surface area (Å²) < 4.78 is 2.05. The minimum absolute atomic E-state index is 0.0863. The normalized spacial score (nSPS) is 12.8. The Kier molecular flexibility index (Phi) is 7.12. The van der Waals surface area contributed by atoms with Gasteiger partial charge < -0.3 is 15.0 Å². The van der Waals surface area contributed by atoms with Crippen molar-refractivity contribution in [3.63, 3.8) is 0 Å². The molecule has 10 nitrogen and oxygen atoms in total. The lowest BCUT2D eigenvalue weighted by molar-refractivity contribution is -0.108. The molecule has 0 saturated carbocycles. The van der Waals surface area contributed by atoms with Crippen LogP contribution in [0.2, 0.25) is 0 Å². The van der Waals surface area contributed by atoms with E-state index in [0.29, 0.717) is 23.8 Å². The van der Waals surface area contributed by atoms with Crippen molar-refractivity contribution in [3.05, 3.63) is 77.9 Å². The summed E-state index contributed by atoms with van der Waals surface area (Å²) in [5.41, 5.74) is 4.80. The number of carbonyl (C=O) groups is 1. The first-order valence-electron chi connectivity index (χ1n) is 12.6. The molecule has 0 aliphatic rings. The van der Waals surface area contributed by atoms with E-state index in [2.05, 4.69) is 84.3 Å². The number of benzene rings is 1. The van der Waals surface area contributed by atoms with E-state index in [-0.39, 0.29) is 11.8 Å². The summed E-state index contributed by atoms with van der Waals surface area (Å²) in [7, 11) is 3.97. The Morgan fingerprint density at radius 1 is 1.11 bits per heavy atom. The number of H-pyrrole nitrogens is 1. The van der Waals surface area contributed by atoms with Gasteiger partial charge in [-0.1, -0.05) is 36.8 Å². The number of pyridine rings is 1. The molecular formula is C28H31N9O. The third kappa shape index (κ3) is 5.24. The minimum atomic E-state index is -0.0863. The molecule has 1 unspecified atom stereocenters. The fourth-order valence-electron chi connectivity index (χ4n) is 4.81. The van der Waals surface area contributed by atoms with E-state index in [9.17, 15) is 4.79 Å². The van der Waals surface area contributed by atoms with Gasteiger partial charge in [0, 0.05) is 44.3 Å². The molecule has 4 heterocycles. The van der Waals surface area contributed by atoms with Crippen LogP contribution in [-0.2, 0) is 11.2 Å². The summed E-state index contributed by atoms with van der Waals surface area (Å²) in [6.45, 7) is 4.27. The molecule has 2 atom stereocenters. The molecule has 5 aromatic rings. The maximum atomic E-state index is 11.8. The molecular weight excluding hydrogens is 478 g/mol. The number of anilines is 3. The fourth-order valence-corrected chi connectivity index (χ4v) is 4.81. The molecule has 0 bridgehead atoms. The number of hydrogen-bond donors (Lipinski definition) is 2. The van der Waals surface area contributed by atoms with Crippen LogP contribution in [0.15, 0.2) is 60.9 Å². The van der Waals surface area contributed by atoms with Crippen molar-refractivity contribution >= 4 is 29.5 Å². The highest BCUT2D eigenvalue weighted by Gasteiger charge is 2.26. The van der Waals surface area contributed by atoms with Gasteiger partial charge in [0.05, 0.1) is 11.9 Å². The number of rotatable bonds is 10. The summed E-state index contributed by atoms with van der Waals surface area (Å²) in [6, 6.07) is 16.2. The standard InChI is InChI=1S/C28H31N9O/c1-18-6-5-7-20(14-18)15-19(2)22(10-13-38)27-35-34-25-16-21(17-26(36(3)4)37(25)27)23-8-11-29-28(31-23)32-24-9-12-30-33-24/h5-9,11-14,16-17,19,22H,10,15H2,1-4H3,(H2,29,30,31,32,33)/t19-,22?/m0/s1. The Bertz CT molecular complexity index is 1540. The molecule has 2 N–H and O–H groups in total. The number of nitrogens with zero attached hydrogens (tertiary/aromatic N) is 7. The molecule has 0 saturated heterocycles. The number of carbonyl (C=O) groups excluding carboxylic acids is 1. The van der Waals surface area contributed by atoms with Crippen LogP contribution in [0.1, 0.15) is 36.2 Å². The van der Waals surface area contributed by atoms with E-state index in [1.54, 1.807) is 18.5 Å². The van der Waals surface area contributed by atoms with Crippen LogP contribution in [0.4, 0.5) is 17.6 Å². The van der Waals surface area contributed by atoms with Crippen molar-refractivity contribution in [1.29, 1.82) is 0 Å². The van der Waals surface area contributed by atoms with Crippen LogP contribution in [0.25, 0.3) is 16.9 Å². The molecule has 0 fully saturated rings. The monoisotopic (exact) mass is 509 g/mol. The predicted molar refractivity (Wildman–Crippen MR) is 148 cm³/mol. The van der Waals surface area contributed by atoms with Crippen LogP contribution in [0.3, 0.4) is 0 Å². The Hall–Kier alpha value is -4.60. The highest BCUT2D eigenvalue weighted by atomic mass is 16.1. The molecule has 0 radical (unpaired) electrons. The van der Waals surface area contributed by atoms with Crippen LogP contribution in [0.5, 0.6) is 0 Å². The summed E-state index contributed by atoms with van der Waals surface area (Å²) in [6.07, 6.45) is 5.57. The van der Waals surface area contributed by atoms with Crippen molar-refractivity contribution < 1.29 is 4.79 Å². The van der Waals surface area contributed by atoms with E-state index < -0.39 is 0 Å². The maximum Gasteiger partial charge on any atom is 0.228 e. The minimum Gasteiger partial charge on any atom is -0.364 e. The SMILES string of the molecule is Cc1cccc(C[C@H](C)C(CC=O)c2nnc3cc(-c4ccnc(Nc5ccn[nH]5)n4)cc(N(C)C)n23)c1. The van der Waals surface area contributed by atoms with E-state index in [1.165, 1.54) is 11.1 Å². The maximum absolute atomic E-state index is 11.8. The number of hydrogen-bond acceptors (Lipinski definition) is 8. The van der Waals surface area contributed by atoms with Gasteiger partial charge in [0.1, 0.15) is 23.7 Å². The average molecular weight is 510 g/mol. The van der Waals surface area contributed by atoms with Gasteiger partial charge in [-0.3, -0.25) is 9.50 Å². The van der Waals surface area contributed by atoms with Gasteiger partial charge in [-0.05, 0) is 43.0 Å².